The molecule has 0 aliphatic rings. The number of nitrogens with zero attached hydrogens (tertiary/aromatic N) is 1. The molecule has 0 aromatic carbocycles. The summed E-state index contributed by atoms with van der Waals surface area (Å²) in [7, 11) is 0. The molecule has 4 unspecified atom stereocenters. The van der Waals surface area contributed by atoms with E-state index in [1.54, 1.807) is 0 Å². The quantitative estimate of drug-likeness (QED) is 0.134. The Morgan fingerprint density at radius 1 is 1.16 bits per heavy atom. The number of nitrogens with two attached hydrogens (primary N) is 1. The van der Waals surface area contributed by atoms with Crippen LogP contribution < -0.4 is 21.7 Å². The van der Waals surface area contributed by atoms with E-state index in [0.29, 0.717) is 11.4 Å². The number of aromatic amines is 1. The molecule has 1 rings (SSSR count). The Bertz CT molecular complexity index is 735. The monoisotopic (exact) mass is 476 g/mol. The maximum absolute atomic E-state index is 12.7. The maximum Gasteiger partial charge on any atom is 0.326 e. The van der Waals surface area contributed by atoms with Gasteiger partial charge < -0.3 is 36.9 Å². The van der Waals surface area contributed by atoms with E-state index >= 15 is 0 Å². The molecule has 8 N–H and O–H groups in total. The zero-order chi connectivity index (χ0) is 23.4. The van der Waals surface area contributed by atoms with E-state index in [4.69, 9.17) is 10.8 Å². The van der Waals surface area contributed by atoms with Crippen molar-refractivity contribution in [3.05, 3.63) is 18.2 Å². The first-order chi connectivity index (χ1) is 14.7. The molecule has 31 heavy (non-hydrogen) atoms. The second-order valence-corrected chi connectivity index (χ2v) is 7.91. The first-order valence-corrected chi connectivity index (χ1v) is 11.3. The van der Waals surface area contributed by atoms with Crippen LogP contribution in [0.25, 0.3) is 0 Å². The first-order valence-electron chi connectivity index (χ1n) is 9.30. The summed E-state index contributed by atoms with van der Waals surface area (Å²) < 4.78 is 0. The van der Waals surface area contributed by atoms with E-state index in [-0.39, 0.29) is 18.6 Å². The van der Waals surface area contributed by atoms with Crippen molar-refractivity contribution in [2.24, 2.45) is 5.73 Å². The highest BCUT2D eigenvalue weighted by Crippen LogP contribution is 2.05. The average molecular weight is 477 g/mol. The van der Waals surface area contributed by atoms with Crippen molar-refractivity contribution in [3.8, 4) is 0 Å². The number of aliphatic carboxylic acids is 1. The molecule has 174 valence electrons. The highest BCUT2D eigenvalue weighted by atomic mass is 32.2. The number of carbonyl (C=O) groups excluding carboxylic acids is 3. The van der Waals surface area contributed by atoms with Gasteiger partial charge in [-0.1, -0.05) is 0 Å². The molecule has 1 aromatic heterocycles. The molecular formula is C17H28N6O6S2. The molecule has 0 aliphatic heterocycles. The number of hydrogen-bond acceptors (Lipinski definition) is 9. The Balaban J connectivity index is 2.84. The molecule has 0 saturated carbocycles. The minimum Gasteiger partial charge on any atom is -0.480 e. The van der Waals surface area contributed by atoms with Gasteiger partial charge in [-0.15, -0.1) is 0 Å². The molecule has 12 nitrogen and oxygen atoms in total. The highest BCUT2D eigenvalue weighted by molar-refractivity contribution is 7.98. The Hall–Kier alpha value is -2.29. The summed E-state index contributed by atoms with van der Waals surface area (Å²) in [6.07, 6.45) is 4.89. The second kappa shape index (κ2) is 13.9. The number of H-pyrrole nitrogens is 1. The third-order valence-electron chi connectivity index (χ3n) is 4.19. The first kappa shape index (κ1) is 26.7. The van der Waals surface area contributed by atoms with Gasteiger partial charge in [0.1, 0.15) is 24.2 Å². The number of imidazole rings is 1. The van der Waals surface area contributed by atoms with Crippen molar-refractivity contribution < 1.29 is 29.4 Å². The third kappa shape index (κ3) is 9.16. The van der Waals surface area contributed by atoms with Crippen LogP contribution in [0.5, 0.6) is 0 Å². The van der Waals surface area contributed by atoms with Crippen LogP contribution in [0.2, 0.25) is 0 Å². The predicted octanol–water partition coefficient (Wildman–Crippen LogP) is -2.51. The molecule has 0 fully saturated rings. The molecule has 0 radical (unpaired) electrons. The number of aliphatic hydroxyl groups is 1. The standard InChI is InChI=1S/C17H28N6O6S2/c1-31-3-2-11(21-16(27)13(7-30)23-14(25)10(18)6-24)15(26)22-12(17(28)29)4-9-5-19-8-20-9/h5,8,10-13,24,30H,2-4,6-7,18H2,1H3,(H,19,20)(H,21,27)(H,22,26)(H,23,25)(H,28,29). The lowest BCUT2D eigenvalue weighted by Gasteiger charge is -2.24. The van der Waals surface area contributed by atoms with Gasteiger partial charge in [-0.25, -0.2) is 9.78 Å². The van der Waals surface area contributed by atoms with Gasteiger partial charge in [0, 0.05) is 24.1 Å². The van der Waals surface area contributed by atoms with Crippen molar-refractivity contribution in [1.82, 2.24) is 25.9 Å². The van der Waals surface area contributed by atoms with Gasteiger partial charge >= 0.3 is 5.97 Å². The minimum absolute atomic E-state index is 0.0152. The van der Waals surface area contributed by atoms with Crippen LogP contribution in [0.4, 0.5) is 0 Å². The van der Waals surface area contributed by atoms with E-state index in [1.807, 2.05) is 6.26 Å². The summed E-state index contributed by atoms with van der Waals surface area (Å²) in [5.74, 6) is -2.90. The number of carbonyl (C=O) groups is 4. The number of aliphatic hydroxyl groups excluding tert-OH is 1. The van der Waals surface area contributed by atoms with Gasteiger partial charge in [-0.05, 0) is 18.4 Å². The van der Waals surface area contributed by atoms with Crippen LogP contribution >= 0.6 is 24.4 Å². The number of nitrogens with one attached hydrogen (secondary N) is 4. The second-order valence-electron chi connectivity index (χ2n) is 6.56. The fourth-order valence-corrected chi connectivity index (χ4v) is 3.15. The van der Waals surface area contributed by atoms with Crippen molar-refractivity contribution in [1.29, 1.82) is 0 Å². The molecule has 0 aliphatic carbocycles. The fourth-order valence-electron chi connectivity index (χ4n) is 2.42. The zero-order valence-electron chi connectivity index (χ0n) is 16.9. The third-order valence-corrected chi connectivity index (χ3v) is 5.20. The van der Waals surface area contributed by atoms with Gasteiger partial charge in [-0.2, -0.15) is 24.4 Å². The number of carboxylic acid groups (broad SMARTS) is 1. The van der Waals surface area contributed by atoms with E-state index < -0.39 is 54.5 Å². The van der Waals surface area contributed by atoms with Crippen LogP contribution in [0, 0.1) is 0 Å². The summed E-state index contributed by atoms with van der Waals surface area (Å²) in [5, 5.41) is 25.7. The highest BCUT2D eigenvalue weighted by Gasteiger charge is 2.29. The fraction of sp³-hybridized carbons (Fsp3) is 0.588. The minimum atomic E-state index is -1.24. The van der Waals surface area contributed by atoms with Gasteiger partial charge in [-0.3, -0.25) is 14.4 Å². The van der Waals surface area contributed by atoms with Crippen LogP contribution in [-0.4, -0.2) is 92.4 Å². The van der Waals surface area contributed by atoms with Crippen molar-refractivity contribution in [2.45, 2.75) is 37.0 Å². The normalized spacial score (nSPS) is 14.7. The van der Waals surface area contributed by atoms with Crippen molar-refractivity contribution in [3.63, 3.8) is 0 Å². The van der Waals surface area contributed by atoms with Crippen LogP contribution in [-0.2, 0) is 25.6 Å². The predicted molar refractivity (Wildman–Crippen MR) is 118 cm³/mol. The number of aromatic nitrogens is 2. The molecule has 14 heteroatoms. The van der Waals surface area contributed by atoms with Crippen LogP contribution in [0.15, 0.2) is 12.5 Å². The number of amides is 3. The van der Waals surface area contributed by atoms with Gasteiger partial charge in [0.05, 0.1) is 12.9 Å². The van der Waals surface area contributed by atoms with E-state index in [2.05, 4.69) is 38.5 Å². The Morgan fingerprint density at radius 3 is 2.29 bits per heavy atom. The van der Waals surface area contributed by atoms with Crippen LogP contribution in [0.3, 0.4) is 0 Å². The topological polar surface area (TPSA) is 200 Å². The number of thioether (sulfide) groups is 1. The molecule has 0 saturated heterocycles. The SMILES string of the molecule is CSCCC(NC(=O)C(CS)NC(=O)C(N)CO)C(=O)NC(Cc1cnc[nH]1)C(=O)O. The Morgan fingerprint density at radius 2 is 1.77 bits per heavy atom. The summed E-state index contributed by atoms with van der Waals surface area (Å²) >= 11 is 5.48. The summed E-state index contributed by atoms with van der Waals surface area (Å²) in [5.41, 5.74) is 5.95. The lowest BCUT2D eigenvalue weighted by molar-refractivity contribution is -0.142. The molecule has 1 heterocycles. The lowest BCUT2D eigenvalue weighted by atomic mass is 10.1. The average Bonchev–Trinajstić information content (AvgIpc) is 3.26. The molecule has 4 atom stereocenters. The summed E-state index contributed by atoms with van der Waals surface area (Å²) in [6, 6.07) is -4.57. The van der Waals surface area contributed by atoms with Crippen LogP contribution in [0.1, 0.15) is 12.1 Å². The van der Waals surface area contributed by atoms with E-state index in [0.717, 1.165) is 0 Å². The molecule has 1 aromatic rings. The molecule has 0 spiro atoms. The largest absolute Gasteiger partial charge is 0.480 e. The Labute approximate surface area is 188 Å². The van der Waals surface area contributed by atoms with Gasteiger partial charge in [0.2, 0.25) is 17.7 Å². The van der Waals surface area contributed by atoms with E-state index in [1.165, 1.54) is 24.3 Å². The molecular weight excluding hydrogens is 448 g/mol. The maximum atomic E-state index is 12.7. The van der Waals surface area contributed by atoms with E-state index in [9.17, 15) is 24.3 Å². The van der Waals surface area contributed by atoms with Crippen molar-refractivity contribution in [2.75, 3.05) is 24.4 Å². The van der Waals surface area contributed by atoms with Gasteiger partial charge in [0.25, 0.3) is 0 Å². The number of carboxylic acids is 1. The van der Waals surface area contributed by atoms with Crippen molar-refractivity contribution >= 4 is 48.1 Å². The number of thiol groups is 1. The summed E-state index contributed by atoms with van der Waals surface area (Å²) in [4.78, 5) is 55.3. The number of hydrogen-bond donors (Lipinski definition) is 8. The molecule has 3 amide bonds. The Kier molecular flexibility index (Phi) is 12.0. The lowest BCUT2D eigenvalue weighted by Crippen LogP contribution is -2.58. The molecule has 0 bridgehead atoms. The smallest absolute Gasteiger partial charge is 0.326 e. The summed E-state index contributed by atoms with van der Waals surface area (Å²) in [6.45, 7) is -0.599. The zero-order valence-corrected chi connectivity index (χ0v) is 18.6. The number of rotatable bonds is 14. The van der Waals surface area contributed by atoms with Gasteiger partial charge in [0.15, 0.2) is 0 Å².